The van der Waals surface area contributed by atoms with Gasteiger partial charge in [0.05, 0.1) is 5.56 Å². The Morgan fingerprint density at radius 1 is 1.35 bits per heavy atom. The molecule has 0 saturated carbocycles. The molecule has 6 heteroatoms. The maximum atomic E-state index is 12.2. The van der Waals surface area contributed by atoms with Gasteiger partial charge in [0.15, 0.2) is 11.5 Å². The van der Waals surface area contributed by atoms with E-state index in [1.807, 2.05) is 12.3 Å². The van der Waals surface area contributed by atoms with Crippen LogP contribution in [0.4, 0.5) is 5.69 Å². The summed E-state index contributed by atoms with van der Waals surface area (Å²) in [5.41, 5.74) is 8.96. The molecule has 1 aromatic heterocycles. The fourth-order valence-electron chi connectivity index (χ4n) is 1.99. The van der Waals surface area contributed by atoms with Gasteiger partial charge in [-0.2, -0.15) is 11.3 Å². The van der Waals surface area contributed by atoms with Crippen molar-refractivity contribution in [1.29, 1.82) is 0 Å². The fourth-order valence-corrected chi connectivity index (χ4v) is 2.85. The van der Waals surface area contributed by atoms with E-state index in [4.69, 9.17) is 15.2 Å². The van der Waals surface area contributed by atoms with Crippen LogP contribution in [-0.4, -0.2) is 12.7 Å². The lowest BCUT2D eigenvalue weighted by atomic mass is 10.1. The second-order valence-corrected chi connectivity index (χ2v) is 5.30. The molecule has 1 aliphatic rings. The number of ether oxygens (including phenoxy) is 2. The van der Waals surface area contributed by atoms with Gasteiger partial charge in [0.2, 0.25) is 6.79 Å². The Kier molecular flexibility index (Phi) is 3.23. The van der Waals surface area contributed by atoms with E-state index >= 15 is 0 Å². The predicted octanol–water partition coefficient (Wildman–Crippen LogP) is 2.30. The van der Waals surface area contributed by atoms with Gasteiger partial charge in [0.1, 0.15) is 0 Å². The molecule has 0 fully saturated rings. The SMILES string of the molecule is Cc1cscc1CNC(=O)c1cc2c(cc1N)OCO2. The average Bonchev–Trinajstić information content (AvgIpc) is 3.03. The van der Waals surface area contributed by atoms with E-state index in [-0.39, 0.29) is 12.7 Å². The van der Waals surface area contributed by atoms with Crippen LogP contribution in [0.15, 0.2) is 22.9 Å². The van der Waals surface area contributed by atoms with Crippen LogP contribution >= 0.6 is 11.3 Å². The second kappa shape index (κ2) is 5.05. The number of hydrogen-bond acceptors (Lipinski definition) is 5. The van der Waals surface area contributed by atoms with E-state index < -0.39 is 0 Å². The molecule has 0 spiro atoms. The molecule has 0 atom stereocenters. The first-order valence-electron chi connectivity index (χ1n) is 6.14. The van der Waals surface area contributed by atoms with Crippen LogP contribution in [0, 0.1) is 6.92 Å². The summed E-state index contributed by atoms with van der Waals surface area (Å²) in [5.74, 6) is 0.912. The van der Waals surface area contributed by atoms with Crippen LogP contribution in [0.1, 0.15) is 21.5 Å². The summed E-state index contributed by atoms with van der Waals surface area (Å²) in [4.78, 5) is 12.2. The normalized spacial score (nSPS) is 12.4. The molecule has 0 unspecified atom stereocenters. The minimum Gasteiger partial charge on any atom is -0.454 e. The number of thiophene rings is 1. The Labute approximate surface area is 120 Å². The van der Waals surface area contributed by atoms with Crippen LogP contribution in [-0.2, 0) is 6.54 Å². The molecule has 104 valence electrons. The van der Waals surface area contributed by atoms with Crippen molar-refractivity contribution < 1.29 is 14.3 Å². The van der Waals surface area contributed by atoms with E-state index in [0.717, 1.165) is 5.56 Å². The lowest BCUT2D eigenvalue weighted by molar-refractivity contribution is 0.0951. The first-order valence-corrected chi connectivity index (χ1v) is 7.08. The number of nitrogen functional groups attached to an aromatic ring is 1. The largest absolute Gasteiger partial charge is 0.454 e. The highest BCUT2D eigenvalue weighted by Gasteiger charge is 2.19. The van der Waals surface area contributed by atoms with Crippen LogP contribution in [0.5, 0.6) is 11.5 Å². The number of carbonyl (C=O) groups is 1. The van der Waals surface area contributed by atoms with E-state index in [1.54, 1.807) is 23.5 Å². The molecule has 2 heterocycles. The van der Waals surface area contributed by atoms with Gasteiger partial charge in [-0.15, -0.1) is 0 Å². The number of nitrogens with two attached hydrogens (primary N) is 1. The van der Waals surface area contributed by atoms with Crippen molar-refractivity contribution in [3.63, 3.8) is 0 Å². The third-order valence-corrected chi connectivity index (χ3v) is 4.10. The fraction of sp³-hybridized carbons (Fsp3) is 0.214. The van der Waals surface area contributed by atoms with Gasteiger partial charge in [-0.25, -0.2) is 0 Å². The molecule has 1 amide bonds. The second-order valence-electron chi connectivity index (χ2n) is 4.56. The average molecular weight is 290 g/mol. The van der Waals surface area contributed by atoms with Crippen molar-refractivity contribution >= 4 is 22.9 Å². The molecule has 20 heavy (non-hydrogen) atoms. The maximum Gasteiger partial charge on any atom is 0.253 e. The Hall–Kier alpha value is -2.21. The lowest BCUT2D eigenvalue weighted by Gasteiger charge is -2.08. The number of anilines is 1. The molecule has 1 aromatic carbocycles. The van der Waals surface area contributed by atoms with Crippen molar-refractivity contribution in [2.75, 3.05) is 12.5 Å². The quantitative estimate of drug-likeness (QED) is 0.851. The molecule has 0 radical (unpaired) electrons. The summed E-state index contributed by atoms with van der Waals surface area (Å²) in [5, 5.41) is 6.94. The number of carbonyl (C=O) groups excluding carboxylic acids is 1. The Balaban J connectivity index is 1.76. The minimum atomic E-state index is -0.216. The van der Waals surface area contributed by atoms with Crippen molar-refractivity contribution in [1.82, 2.24) is 5.32 Å². The molecule has 0 saturated heterocycles. The number of rotatable bonds is 3. The van der Waals surface area contributed by atoms with Crippen LogP contribution in [0.2, 0.25) is 0 Å². The summed E-state index contributed by atoms with van der Waals surface area (Å²) < 4.78 is 10.5. The zero-order chi connectivity index (χ0) is 14.1. The van der Waals surface area contributed by atoms with E-state index in [2.05, 4.69) is 10.7 Å². The summed E-state index contributed by atoms with van der Waals surface area (Å²) in [6.07, 6.45) is 0. The highest BCUT2D eigenvalue weighted by molar-refractivity contribution is 7.08. The van der Waals surface area contributed by atoms with Gasteiger partial charge in [0, 0.05) is 18.3 Å². The molecule has 3 N–H and O–H groups in total. The summed E-state index contributed by atoms with van der Waals surface area (Å²) in [6, 6.07) is 3.24. The van der Waals surface area contributed by atoms with Crippen LogP contribution in [0.3, 0.4) is 0 Å². The molecular formula is C14H14N2O3S. The smallest absolute Gasteiger partial charge is 0.253 e. The van der Waals surface area contributed by atoms with Gasteiger partial charge in [-0.05, 0) is 34.9 Å². The Bertz CT molecular complexity index is 666. The summed E-state index contributed by atoms with van der Waals surface area (Å²) in [6.45, 7) is 2.67. The lowest BCUT2D eigenvalue weighted by Crippen LogP contribution is -2.23. The van der Waals surface area contributed by atoms with Crippen molar-refractivity contribution in [3.8, 4) is 11.5 Å². The number of aryl methyl sites for hydroxylation is 1. The molecule has 5 nitrogen and oxygen atoms in total. The monoisotopic (exact) mass is 290 g/mol. The summed E-state index contributed by atoms with van der Waals surface area (Å²) >= 11 is 1.62. The predicted molar refractivity (Wildman–Crippen MR) is 77.2 cm³/mol. The zero-order valence-corrected chi connectivity index (χ0v) is 11.8. The van der Waals surface area contributed by atoms with Crippen molar-refractivity contribution in [2.24, 2.45) is 0 Å². The maximum absolute atomic E-state index is 12.2. The first kappa shape index (κ1) is 12.8. The Morgan fingerprint density at radius 3 is 2.80 bits per heavy atom. The minimum absolute atomic E-state index is 0.161. The van der Waals surface area contributed by atoms with Crippen LogP contribution in [0.25, 0.3) is 0 Å². The van der Waals surface area contributed by atoms with Crippen molar-refractivity contribution in [2.45, 2.75) is 13.5 Å². The van der Waals surface area contributed by atoms with E-state index in [9.17, 15) is 4.79 Å². The topological polar surface area (TPSA) is 73.6 Å². The highest BCUT2D eigenvalue weighted by atomic mass is 32.1. The van der Waals surface area contributed by atoms with Gasteiger partial charge >= 0.3 is 0 Å². The summed E-state index contributed by atoms with van der Waals surface area (Å²) in [7, 11) is 0. The number of benzene rings is 1. The van der Waals surface area contributed by atoms with E-state index in [1.165, 1.54) is 5.56 Å². The van der Waals surface area contributed by atoms with Crippen LogP contribution < -0.4 is 20.5 Å². The third kappa shape index (κ3) is 2.30. The molecule has 2 aromatic rings. The first-order chi connectivity index (χ1) is 9.65. The number of amides is 1. The highest BCUT2D eigenvalue weighted by Crippen LogP contribution is 2.35. The number of nitrogens with one attached hydrogen (secondary N) is 1. The van der Waals surface area contributed by atoms with Crippen molar-refractivity contribution in [3.05, 3.63) is 39.6 Å². The van der Waals surface area contributed by atoms with Gasteiger partial charge in [-0.3, -0.25) is 4.79 Å². The molecular weight excluding hydrogens is 276 g/mol. The zero-order valence-electron chi connectivity index (χ0n) is 10.9. The third-order valence-electron chi connectivity index (χ3n) is 3.19. The Morgan fingerprint density at radius 2 is 2.10 bits per heavy atom. The molecule has 0 aliphatic carbocycles. The molecule has 3 rings (SSSR count). The molecule has 0 bridgehead atoms. The number of hydrogen-bond donors (Lipinski definition) is 2. The van der Waals surface area contributed by atoms with Gasteiger partial charge in [-0.1, -0.05) is 0 Å². The number of fused-ring (bicyclic) bond motifs is 1. The van der Waals surface area contributed by atoms with E-state index in [0.29, 0.717) is 29.3 Å². The standard InChI is InChI=1S/C14H14N2O3S/c1-8-5-20-6-9(8)4-16-14(17)10-2-12-13(3-11(10)15)19-7-18-12/h2-3,5-6H,4,7,15H2,1H3,(H,16,17). The van der Waals surface area contributed by atoms with Gasteiger partial charge < -0.3 is 20.5 Å². The molecule has 1 aliphatic heterocycles. The van der Waals surface area contributed by atoms with Gasteiger partial charge in [0.25, 0.3) is 5.91 Å².